The van der Waals surface area contributed by atoms with Crippen molar-refractivity contribution in [3.8, 4) is 22.6 Å². The maximum absolute atomic E-state index is 14.3. The molecule has 1 saturated carbocycles. The van der Waals surface area contributed by atoms with E-state index in [4.69, 9.17) is 9.47 Å². The van der Waals surface area contributed by atoms with Gasteiger partial charge < -0.3 is 19.5 Å². The molecule has 8 nitrogen and oxygen atoms in total. The van der Waals surface area contributed by atoms with Crippen LogP contribution >= 0.6 is 0 Å². The highest BCUT2D eigenvalue weighted by molar-refractivity contribution is 7.92. The lowest BCUT2D eigenvalue weighted by molar-refractivity contribution is -0.137. The van der Waals surface area contributed by atoms with Gasteiger partial charge in [0.25, 0.3) is 10.0 Å². The van der Waals surface area contributed by atoms with Gasteiger partial charge in [-0.25, -0.2) is 17.6 Å². The zero-order valence-corrected chi connectivity index (χ0v) is 24.9. The van der Waals surface area contributed by atoms with E-state index >= 15 is 0 Å². The van der Waals surface area contributed by atoms with E-state index in [2.05, 4.69) is 10.1 Å². The summed E-state index contributed by atoms with van der Waals surface area (Å²) in [5.74, 6) is -1.32. The summed E-state index contributed by atoms with van der Waals surface area (Å²) in [7, 11) is -4.66. The van der Waals surface area contributed by atoms with E-state index in [0.29, 0.717) is 6.07 Å². The normalized spacial score (nSPS) is 19.9. The highest BCUT2D eigenvalue weighted by atomic mass is 32.2. The highest BCUT2D eigenvalue weighted by Crippen LogP contribution is 2.49. The first-order valence-corrected chi connectivity index (χ1v) is 15.1. The molecular formula is C30H28F6N2O6S. The number of hydrogen-bond acceptors (Lipinski definition) is 6. The summed E-state index contributed by atoms with van der Waals surface area (Å²) < 4.78 is 125. The van der Waals surface area contributed by atoms with Crippen LogP contribution in [0.3, 0.4) is 0 Å². The summed E-state index contributed by atoms with van der Waals surface area (Å²) in [5.41, 5.74) is -2.89. The van der Waals surface area contributed by atoms with Gasteiger partial charge in [-0.15, -0.1) is 0 Å². The lowest BCUT2D eigenvalue weighted by atomic mass is 9.74. The molecule has 1 heterocycles. The van der Waals surface area contributed by atoms with E-state index in [-0.39, 0.29) is 42.0 Å². The first-order valence-electron chi connectivity index (χ1n) is 13.6. The van der Waals surface area contributed by atoms with E-state index in [0.717, 1.165) is 40.7 Å². The van der Waals surface area contributed by atoms with Gasteiger partial charge in [0.15, 0.2) is 0 Å². The molecule has 2 aliphatic rings. The fourth-order valence-corrected chi connectivity index (χ4v) is 6.88. The summed E-state index contributed by atoms with van der Waals surface area (Å²) in [5, 5.41) is 2.70. The van der Waals surface area contributed by atoms with Crippen LogP contribution in [0.1, 0.15) is 39.2 Å². The Balaban J connectivity index is 1.53. The zero-order valence-electron chi connectivity index (χ0n) is 24.1. The Morgan fingerprint density at radius 1 is 1.02 bits per heavy atom. The van der Waals surface area contributed by atoms with E-state index < -0.39 is 68.2 Å². The molecule has 0 aromatic heterocycles. The van der Waals surface area contributed by atoms with Crippen molar-refractivity contribution in [3.05, 3.63) is 72.0 Å². The SMILES string of the molecule is CC(C)(C)OC(=O)NC1CC2(C1)CN(S(=O)(=O)c1cccc(C(F)(F)F)c1)c1cc(-c3cc(F)cc(OC(F)F)c3)ccc1O2. The molecule has 1 aliphatic carbocycles. The number of alkyl carbamates (subject to hydrolysis) is 1. The molecule has 1 N–H and O–H groups in total. The number of carbonyl (C=O) groups is 1. The van der Waals surface area contributed by atoms with Gasteiger partial charge in [0, 0.05) is 24.9 Å². The number of nitrogens with zero attached hydrogens (tertiary/aromatic N) is 1. The smallest absolute Gasteiger partial charge is 0.416 e. The first-order chi connectivity index (χ1) is 20.8. The number of nitrogens with one attached hydrogen (secondary N) is 1. The standard InChI is InChI=1S/C30H28F6N2O6S/c1-28(2,3)44-27(39)37-21-14-29(15-21)16-38(45(40,41)23-6-4-5-19(12-23)30(34,35)36)24-11-17(7-8-25(24)43-29)18-9-20(31)13-22(10-18)42-26(32)33/h4-13,21,26H,14-16H2,1-3H3,(H,37,39). The zero-order chi connectivity index (χ0) is 32.9. The van der Waals surface area contributed by atoms with Crippen molar-refractivity contribution in [1.29, 1.82) is 0 Å². The van der Waals surface area contributed by atoms with Crippen molar-refractivity contribution in [2.75, 3.05) is 10.8 Å². The third kappa shape index (κ3) is 7.08. The van der Waals surface area contributed by atoms with Crippen molar-refractivity contribution in [3.63, 3.8) is 0 Å². The van der Waals surface area contributed by atoms with Crippen LogP contribution in [0.15, 0.2) is 65.6 Å². The van der Waals surface area contributed by atoms with E-state index in [1.54, 1.807) is 20.8 Å². The Labute approximate surface area is 254 Å². The molecule has 1 aliphatic heterocycles. The van der Waals surface area contributed by atoms with Gasteiger partial charge in [0.05, 0.1) is 22.7 Å². The van der Waals surface area contributed by atoms with Crippen LogP contribution < -0.4 is 19.1 Å². The van der Waals surface area contributed by atoms with Crippen molar-refractivity contribution in [1.82, 2.24) is 5.32 Å². The number of alkyl halides is 5. The van der Waals surface area contributed by atoms with Crippen LogP contribution in [0.25, 0.3) is 11.1 Å². The maximum Gasteiger partial charge on any atom is 0.416 e. The number of amides is 1. The quantitative estimate of drug-likeness (QED) is 0.284. The van der Waals surface area contributed by atoms with Crippen molar-refractivity contribution < 1.29 is 53.8 Å². The van der Waals surface area contributed by atoms with Gasteiger partial charge in [-0.2, -0.15) is 22.0 Å². The lowest BCUT2D eigenvalue weighted by Crippen LogP contribution is -2.65. The number of anilines is 1. The molecule has 0 atom stereocenters. The van der Waals surface area contributed by atoms with Gasteiger partial charge in [-0.3, -0.25) is 4.31 Å². The molecule has 3 aromatic rings. The molecule has 242 valence electrons. The molecule has 1 fully saturated rings. The van der Waals surface area contributed by atoms with Gasteiger partial charge in [-0.1, -0.05) is 12.1 Å². The molecule has 0 bridgehead atoms. The molecular weight excluding hydrogens is 630 g/mol. The Hall–Kier alpha value is -4.14. The summed E-state index contributed by atoms with van der Waals surface area (Å²) in [4.78, 5) is 11.7. The number of benzene rings is 3. The van der Waals surface area contributed by atoms with Crippen molar-refractivity contribution >= 4 is 21.8 Å². The number of carbonyl (C=O) groups excluding carboxylic acids is 1. The molecule has 0 unspecified atom stereocenters. The fourth-order valence-electron chi connectivity index (χ4n) is 5.29. The second kappa shape index (κ2) is 11.3. The summed E-state index contributed by atoms with van der Waals surface area (Å²) >= 11 is 0. The Bertz CT molecular complexity index is 1720. The third-order valence-electron chi connectivity index (χ3n) is 7.12. The van der Waals surface area contributed by atoms with Gasteiger partial charge >= 0.3 is 18.9 Å². The van der Waals surface area contributed by atoms with Gasteiger partial charge in [0.2, 0.25) is 0 Å². The summed E-state index contributed by atoms with van der Waals surface area (Å²) in [6.07, 6.45) is -5.19. The second-order valence-electron chi connectivity index (χ2n) is 11.8. The van der Waals surface area contributed by atoms with Crippen molar-refractivity contribution in [2.45, 2.75) is 68.5 Å². The van der Waals surface area contributed by atoms with E-state index in [9.17, 15) is 39.6 Å². The molecule has 0 radical (unpaired) electrons. The Morgan fingerprint density at radius 2 is 1.73 bits per heavy atom. The van der Waals surface area contributed by atoms with Crippen LogP contribution in [0.5, 0.6) is 11.5 Å². The molecule has 15 heteroatoms. The summed E-state index contributed by atoms with van der Waals surface area (Å²) in [6, 6.07) is 9.89. The lowest BCUT2D eigenvalue weighted by Gasteiger charge is -2.52. The fraction of sp³-hybridized carbons (Fsp3) is 0.367. The number of rotatable bonds is 6. The van der Waals surface area contributed by atoms with Crippen molar-refractivity contribution in [2.24, 2.45) is 0 Å². The molecule has 5 rings (SSSR count). The van der Waals surface area contributed by atoms with Crippen LogP contribution in [0, 0.1) is 5.82 Å². The predicted molar refractivity (Wildman–Crippen MR) is 150 cm³/mol. The third-order valence-corrected chi connectivity index (χ3v) is 8.88. The minimum absolute atomic E-state index is 0.0525. The number of halogens is 6. The average molecular weight is 659 g/mol. The minimum Gasteiger partial charge on any atom is -0.483 e. The molecule has 3 aromatic carbocycles. The van der Waals surface area contributed by atoms with Crippen LogP contribution in [0.2, 0.25) is 0 Å². The van der Waals surface area contributed by atoms with Gasteiger partial charge in [-0.05, 0) is 74.4 Å². The van der Waals surface area contributed by atoms with Gasteiger partial charge in [0.1, 0.15) is 28.5 Å². The molecule has 45 heavy (non-hydrogen) atoms. The molecule has 1 amide bonds. The van der Waals surface area contributed by atoms with Crippen LogP contribution in [-0.4, -0.2) is 44.9 Å². The number of ether oxygens (including phenoxy) is 3. The first kappa shape index (κ1) is 32.3. The highest BCUT2D eigenvalue weighted by Gasteiger charge is 2.53. The largest absolute Gasteiger partial charge is 0.483 e. The predicted octanol–water partition coefficient (Wildman–Crippen LogP) is 7.13. The van der Waals surface area contributed by atoms with Crippen LogP contribution in [0.4, 0.5) is 36.8 Å². The number of fused-ring (bicyclic) bond motifs is 1. The minimum atomic E-state index is -4.81. The second-order valence-corrected chi connectivity index (χ2v) is 13.7. The molecule has 0 saturated heterocycles. The Morgan fingerprint density at radius 3 is 2.38 bits per heavy atom. The topological polar surface area (TPSA) is 94.2 Å². The molecule has 1 spiro atoms. The van der Waals surface area contributed by atoms with Crippen LogP contribution in [-0.2, 0) is 20.9 Å². The average Bonchev–Trinajstić information content (AvgIpc) is 2.89. The Kier molecular flexibility index (Phi) is 8.13. The van der Waals surface area contributed by atoms with E-state index in [1.807, 2.05) is 0 Å². The number of sulfonamides is 1. The van der Waals surface area contributed by atoms with E-state index in [1.165, 1.54) is 18.2 Å². The summed E-state index contributed by atoms with van der Waals surface area (Å²) in [6.45, 7) is 1.51. The monoisotopic (exact) mass is 658 g/mol. The maximum atomic E-state index is 14.3. The number of hydrogen-bond donors (Lipinski definition) is 1.